The molecule has 4 aromatic rings. The third kappa shape index (κ3) is 13.6. The molecule has 51 heavy (non-hydrogen) atoms. The van der Waals surface area contributed by atoms with Crippen LogP contribution in [0, 0.1) is 11.6 Å². The molecule has 5 rings (SSSR count). The van der Waals surface area contributed by atoms with Crippen LogP contribution < -0.4 is 0 Å². The average molecular weight is 707 g/mol. The van der Waals surface area contributed by atoms with Gasteiger partial charge in [0.1, 0.15) is 11.6 Å². The predicted octanol–water partition coefficient (Wildman–Crippen LogP) is 3.91. The molecule has 1 aliphatic heterocycles. The van der Waals surface area contributed by atoms with Crippen LogP contribution in [0.5, 0.6) is 0 Å². The van der Waals surface area contributed by atoms with E-state index in [9.17, 15) is 32.8 Å². The van der Waals surface area contributed by atoms with Crippen LogP contribution in [0.3, 0.4) is 0 Å². The molecule has 0 amide bonds. The first-order chi connectivity index (χ1) is 24.3. The minimum absolute atomic E-state index is 0.0533. The lowest BCUT2D eigenvalue weighted by Crippen LogP contribution is -2.47. The fourth-order valence-corrected chi connectivity index (χ4v) is 4.69. The average Bonchev–Trinajstić information content (AvgIpc) is 3.58. The van der Waals surface area contributed by atoms with E-state index in [-0.39, 0.29) is 29.3 Å². The maximum atomic E-state index is 13.5. The Morgan fingerprint density at radius 3 is 1.51 bits per heavy atom. The number of nitrogens with zero attached hydrogens (tertiary/aromatic N) is 4. The van der Waals surface area contributed by atoms with Crippen LogP contribution in [0.2, 0.25) is 0 Å². The molecule has 0 atom stereocenters. The van der Waals surface area contributed by atoms with Gasteiger partial charge >= 0.3 is 23.9 Å². The van der Waals surface area contributed by atoms with Gasteiger partial charge in [0.2, 0.25) is 17.5 Å². The molecule has 0 aliphatic carbocycles. The predicted molar refractivity (Wildman–Crippen MR) is 174 cm³/mol. The molecule has 1 fully saturated rings. The quantitative estimate of drug-likeness (QED) is 0.129. The second-order valence-corrected chi connectivity index (χ2v) is 10.5. The molecule has 16 heteroatoms. The number of halogens is 2. The summed E-state index contributed by atoms with van der Waals surface area (Å²) in [6.45, 7) is 3.40. The van der Waals surface area contributed by atoms with Crippen LogP contribution >= 0.6 is 0 Å². The van der Waals surface area contributed by atoms with Crippen molar-refractivity contribution in [2.45, 2.75) is 12.6 Å². The van der Waals surface area contributed by atoms with Gasteiger partial charge in [-0.05, 0) is 35.4 Å². The maximum absolute atomic E-state index is 13.5. The van der Waals surface area contributed by atoms with Crippen molar-refractivity contribution in [1.82, 2.24) is 19.9 Å². The molecular formula is C35H32F2N4O10. The van der Waals surface area contributed by atoms with E-state index in [1.54, 1.807) is 48.5 Å². The molecule has 1 aromatic heterocycles. The van der Waals surface area contributed by atoms with Crippen LogP contribution in [0.25, 0.3) is 0 Å². The Kier molecular flexibility index (Phi) is 15.0. The molecular weight excluding hydrogens is 674 g/mol. The van der Waals surface area contributed by atoms with Crippen molar-refractivity contribution in [2.75, 3.05) is 26.2 Å². The number of carbonyl (C=O) groups is 5. The Hall–Kier alpha value is -6.39. The van der Waals surface area contributed by atoms with Gasteiger partial charge in [0.25, 0.3) is 0 Å². The van der Waals surface area contributed by atoms with Crippen molar-refractivity contribution in [3.63, 3.8) is 0 Å². The highest BCUT2D eigenvalue weighted by atomic mass is 19.1. The van der Waals surface area contributed by atoms with Gasteiger partial charge in [0, 0.05) is 56.0 Å². The lowest BCUT2D eigenvalue weighted by Gasteiger charge is -2.39. The van der Waals surface area contributed by atoms with E-state index in [1.807, 2.05) is 6.07 Å². The largest absolute Gasteiger partial charge is 0.478 e. The fraction of sp³-hybridized carbons (Fsp3) is 0.171. The topological polar surface area (TPSA) is 212 Å². The Morgan fingerprint density at radius 2 is 1.10 bits per heavy atom. The summed E-state index contributed by atoms with van der Waals surface area (Å²) in [6.07, 6.45) is 2.23. The number of hydrogen-bond acceptors (Lipinski definition) is 10. The first-order valence-electron chi connectivity index (χ1n) is 15.0. The molecule has 0 bridgehead atoms. The highest BCUT2D eigenvalue weighted by Gasteiger charge is 2.28. The van der Waals surface area contributed by atoms with Crippen LogP contribution in [0.4, 0.5) is 8.78 Å². The Labute approximate surface area is 289 Å². The van der Waals surface area contributed by atoms with Crippen molar-refractivity contribution < 1.29 is 57.7 Å². The van der Waals surface area contributed by atoms with E-state index in [1.165, 1.54) is 24.3 Å². The molecule has 14 nitrogen and oxygen atoms in total. The van der Waals surface area contributed by atoms with Gasteiger partial charge in [-0.3, -0.25) is 14.6 Å². The highest BCUT2D eigenvalue weighted by molar-refractivity contribution is 6.06. The van der Waals surface area contributed by atoms with Crippen LogP contribution in [-0.2, 0) is 25.7 Å². The van der Waals surface area contributed by atoms with Crippen LogP contribution in [-0.4, -0.2) is 96.2 Å². The summed E-state index contributed by atoms with van der Waals surface area (Å²) in [6, 6.07) is 21.7. The molecule has 0 unspecified atom stereocenters. The molecule has 0 saturated carbocycles. The summed E-state index contributed by atoms with van der Waals surface area (Å²) in [7, 11) is 0. The summed E-state index contributed by atoms with van der Waals surface area (Å²) in [5.41, 5.74) is 2.42. The van der Waals surface area contributed by atoms with Gasteiger partial charge in [-0.25, -0.2) is 28.0 Å². The van der Waals surface area contributed by atoms with Crippen molar-refractivity contribution in [3.05, 3.63) is 143 Å². The summed E-state index contributed by atoms with van der Waals surface area (Å²) < 4.78 is 32.4. The van der Waals surface area contributed by atoms with Gasteiger partial charge < -0.3 is 24.9 Å². The second kappa shape index (κ2) is 19.6. The molecule has 266 valence electrons. The summed E-state index contributed by atoms with van der Waals surface area (Å²) in [5.74, 6) is -5.43. The Bertz CT molecular complexity index is 1730. The lowest BCUT2D eigenvalue weighted by atomic mass is 9.96. The lowest BCUT2D eigenvalue weighted by molar-refractivity contribution is -0.134. The Balaban J connectivity index is 0.000000366. The van der Waals surface area contributed by atoms with E-state index in [0.29, 0.717) is 42.3 Å². The van der Waals surface area contributed by atoms with E-state index >= 15 is 0 Å². The van der Waals surface area contributed by atoms with Crippen molar-refractivity contribution in [3.8, 4) is 0 Å². The first-order valence-corrected chi connectivity index (χ1v) is 15.0. The molecule has 1 aliphatic rings. The first kappa shape index (κ1) is 39.1. The van der Waals surface area contributed by atoms with Crippen molar-refractivity contribution in [1.29, 1.82) is 0 Å². The zero-order valence-electron chi connectivity index (χ0n) is 26.7. The number of carboxylic acid groups (broad SMARTS) is 4. The Morgan fingerprint density at radius 1 is 0.667 bits per heavy atom. The van der Waals surface area contributed by atoms with Gasteiger partial charge in [-0.15, -0.1) is 0 Å². The molecule has 4 N–H and O–H groups in total. The number of aromatic nitrogens is 2. The molecule has 0 spiro atoms. The number of piperazine rings is 1. The van der Waals surface area contributed by atoms with E-state index < -0.39 is 23.9 Å². The van der Waals surface area contributed by atoms with Gasteiger partial charge in [-0.2, -0.15) is 4.98 Å². The monoisotopic (exact) mass is 706 g/mol. The zero-order valence-corrected chi connectivity index (χ0v) is 26.7. The normalized spacial score (nSPS) is 13.2. The second-order valence-electron chi connectivity index (χ2n) is 10.5. The number of ketones is 1. The van der Waals surface area contributed by atoms with Crippen LogP contribution in [0.1, 0.15) is 39.2 Å². The van der Waals surface area contributed by atoms with Gasteiger partial charge in [0.05, 0.1) is 12.6 Å². The molecule has 0 radical (unpaired) electrons. The third-order valence-corrected chi connectivity index (χ3v) is 6.95. The van der Waals surface area contributed by atoms with E-state index in [2.05, 4.69) is 19.9 Å². The maximum Gasteiger partial charge on any atom is 0.328 e. The number of rotatable bonds is 11. The van der Waals surface area contributed by atoms with Crippen molar-refractivity contribution >= 4 is 29.7 Å². The highest BCUT2D eigenvalue weighted by Crippen LogP contribution is 2.30. The summed E-state index contributed by atoms with van der Waals surface area (Å²) in [5, 5.41) is 35.1. The van der Waals surface area contributed by atoms with E-state index in [0.717, 1.165) is 37.3 Å². The summed E-state index contributed by atoms with van der Waals surface area (Å²) in [4.78, 5) is 59.5. The minimum atomic E-state index is -1.26. The molecule has 1 saturated heterocycles. The number of aliphatic carboxylic acids is 4. The smallest absolute Gasteiger partial charge is 0.328 e. The van der Waals surface area contributed by atoms with Crippen LogP contribution in [0.15, 0.2) is 108 Å². The van der Waals surface area contributed by atoms with Crippen molar-refractivity contribution in [2.24, 2.45) is 0 Å². The fourth-order valence-electron chi connectivity index (χ4n) is 4.69. The number of carbonyl (C=O) groups excluding carboxylic acids is 1. The number of benzene rings is 3. The molecule has 2 heterocycles. The third-order valence-electron chi connectivity index (χ3n) is 6.95. The standard InChI is InChI=1S/C27H24F2N4O2.2C4H4O4/c28-22-10-6-19(7-11-22)25(20-8-12-23(29)13-9-20)33-16-14-32(15-17-33)18-24-30-27(31-35-24)26(34)21-4-2-1-3-5-21;2*5-3(6)1-2-4(7)8/h1-13,25H,14-18H2;2*1-2H,(H,5,6)(H,7,8)/b;2*2-1-. The number of hydrogen-bond donors (Lipinski definition) is 4. The SMILES string of the molecule is O=C(O)/C=C\C(=O)O.O=C(O)/C=C\C(=O)O.O=C(c1ccccc1)c1noc(CN2CCN(C(c3ccc(F)cc3)c3ccc(F)cc3)CC2)n1. The van der Waals surface area contributed by atoms with Gasteiger partial charge in [-0.1, -0.05) is 59.8 Å². The van der Waals surface area contributed by atoms with E-state index in [4.69, 9.17) is 24.9 Å². The number of carboxylic acids is 4. The van der Waals surface area contributed by atoms with Gasteiger partial charge in [0.15, 0.2) is 0 Å². The minimum Gasteiger partial charge on any atom is -0.478 e. The summed E-state index contributed by atoms with van der Waals surface area (Å²) >= 11 is 0. The molecule has 3 aromatic carbocycles. The zero-order chi connectivity index (χ0) is 37.3.